The SMILES string of the molecule is N#Cc1c(N)nc(SCC2COC2)c(C#N)c1-c1ccc(OC2CC(=O)C2)cc1. The van der Waals surface area contributed by atoms with Crippen molar-refractivity contribution in [1.29, 1.82) is 10.5 Å². The number of nitrogens with two attached hydrogens (primary N) is 1. The Hall–Kier alpha value is -3.07. The molecule has 2 aliphatic rings. The summed E-state index contributed by atoms with van der Waals surface area (Å²) in [7, 11) is 0. The maximum absolute atomic E-state index is 11.1. The number of nitrogens with zero attached hydrogens (tertiary/aromatic N) is 3. The van der Waals surface area contributed by atoms with E-state index in [1.807, 2.05) is 0 Å². The van der Waals surface area contributed by atoms with Crippen LogP contribution in [0.5, 0.6) is 5.75 Å². The van der Waals surface area contributed by atoms with Gasteiger partial charge in [-0.2, -0.15) is 10.5 Å². The molecule has 146 valence electrons. The second-order valence-corrected chi connectivity index (χ2v) is 8.09. The number of carbonyl (C=O) groups excluding carboxylic acids is 1. The molecule has 2 aromatic rings. The topological polar surface area (TPSA) is 122 Å². The average molecular weight is 406 g/mol. The molecule has 1 saturated heterocycles. The zero-order chi connectivity index (χ0) is 20.4. The molecule has 2 heterocycles. The minimum atomic E-state index is -0.0762. The van der Waals surface area contributed by atoms with Crippen LogP contribution in [0.3, 0.4) is 0 Å². The van der Waals surface area contributed by atoms with E-state index in [1.54, 1.807) is 24.3 Å². The van der Waals surface area contributed by atoms with Crippen molar-refractivity contribution in [2.24, 2.45) is 5.92 Å². The monoisotopic (exact) mass is 406 g/mol. The van der Waals surface area contributed by atoms with Gasteiger partial charge in [0, 0.05) is 30.1 Å². The molecule has 1 aliphatic carbocycles. The van der Waals surface area contributed by atoms with E-state index in [0.717, 1.165) is 5.75 Å². The summed E-state index contributed by atoms with van der Waals surface area (Å²) >= 11 is 1.46. The molecule has 0 atom stereocenters. The molecule has 8 heteroatoms. The molecule has 0 spiro atoms. The third-order valence-electron chi connectivity index (χ3n) is 4.93. The number of hydrogen-bond donors (Lipinski definition) is 1. The van der Waals surface area contributed by atoms with E-state index in [4.69, 9.17) is 15.2 Å². The number of benzene rings is 1. The third kappa shape index (κ3) is 3.91. The van der Waals surface area contributed by atoms with E-state index >= 15 is 0 Å². The minimum Gasteiger partial charge on any atom is -0.490 e. The van der Waals surface area contributed by atoms with Gasteiger partial charge in [0.05, 0.1) is 18.8 Å². The van der Waals surface area contributed by atoms with Crippen molar-refractivity contribution in [3.05, 3.63) is 35.4 Å². The van der Waals surface area contributed by atoms with Crippen LogP contribution in [0, 0.1) is 28.6 Å². The molecule has 2 N–H and O–H groups in total. The van der Waals surface area contributed by atoms with Gasteiger partial charge in [0.25, 0.3) is 0 Å². The summed E-state index contributed by atoms with van der Waals surface area (Å²) in [6.07, 6.45) is 0.798. The number of aromatic nitrogens is 1. The van der Waals surface area contributed by atoms with E-state index in [9.17, 15) is 15.3 Å². The lowest BCUT2D eigenvalue weighted by Gasteiger charge is -2.25. The number of nitriles is 2. The Balaban J connectivity index is 1.65. The predicted octanol–water partition coefficient (Wildman–Crippen LogP) is 2.92. The minimum absolute atomic E-state index is 0.0762. The number of ether oxygens (including phenoxy) is 2. The number of ketones is 1. The lowest BCUT2D eigenvalue weighted by Crippen LogP contribution is -2.33. The van der Waals surface area contributed by atoms with Crippen LogP contribution in [-0.4, -0.2) is 35.8 Å². The first-order valence-corrected chi connectivity index (χ1v) is 10.2. The van der Waals surface area contributed by atoms with Gasteiger partial charge in [0.2, 0.25) is 0 Å². The van der Waals surface area contributed by atoms with E-state index in [-0.39, 0.29) is 23.3 Å². The Kier molecular flexibility index (Phi) is 5.39. The molecular formula is C21H18N4O3S. The van der Waals surface area contributed by atoms with E-state index in [2.05, 4.69) is 17.1 Å². The van der Waals surface area contributed by atoms with E-state index in [1.165, 1.54) is 11.8 Å². The number of rotatable bonds is 6. The van der Waals surface area contributed by atoms with Crippen LogP contribution < -0.4 is 10.5 Å². The highest BCUT2D eigenvalue weighted by Gasteiger charge is 2.28. The quantitative estimate of drug-likeness (QED) is 0.727. The number of pyridine rings is 1. The normalized spacial score (nSPS) is 16.4. The first kappa shape index (κ1) is 19.3. The summed E-state index contributed by atoms with van der Waals surface area (Å²) in [6.45, 7) is 1.42. The van der Waals surface area contributed by atoms with Crippen LogP contribution in [0.15, 0.2) is 29.3 Å². The van der Waals surface area contributed by atoms with Gasteiger partial charge in [-0.25, -0.2) is 4.98 Å². The Morgan fingerprint density at radius 1 is 1.17 bits per heavy atom. The maximum Gasteiger partial charge on any atom is 0.143 e. The summed E-state index contributed by atoms with van der Waals surface area (Å²) in [4.78, 5) is 15.4. The van der Waals surface area contributed by atoms with Crippen molar-refractivity contribution in [1.82, 2.24) is 4.98 Å². The molecule has 1 aromatic carbocycles. The number of hydrogen-bond acceptors (Lipinski definition) is 8. The fraction of sp³-hybridized carbons (Fsp3) is 0.333. The second-order valence-electron chi connectivity index (χ2n) is 7.08. The molecule has 1 aliphatic heterocycles. The number of carbonyl (C=O) groups is 1. The van der Waals surface area contributed by atoms with E-state index in [0.29, 0.717) is 59.4 Å². The van der Waals surface area contributed by atoms with Crippen molar-refractivity contribution >= 4 is 23.4 Å². The van der Waals surface area contributed by atoms with Crippen LogP contribution in [0.4, 0.5) is 5.82 Å². The molecule has 7 nitrogen and oxygen atoms in total. The highest BCUT2D eigenvalue weighted by molar-refractivity contribution is 7.99. The number of thioether (sulfide) groups is 1. The van der Waals surface area contributed by atoms with Gasteiger partial charge in [-0.15, -0.1) is 11.8 Å². The summed E-state index contributed by atoms with van der Waals surface area (Å²) in [5, 5.41) is 20.0. The summed E-state index contributed by atoms with van der Waals surface area (Å²) in [6, 6.07) is 11.4. The fourth-order valence-electron chi connectivity index (χ4n) is 3.19. The standard InChI is InChI=1S/C21H18N4O3S/c22-7-17-19(13-1-3-15(4-2-13)28-16-5-14(26)6-16)18(8-23)21(25-20(17)24)29-11-12-9-27-10-12/h1-4,12,16H,5-6,9-11H2,(H2,24,25). The van der Waals surface area contributed by atoms with Crippen LogP contribution in [-0.2, 0) is 9.53 Å². The smallest absolute Gasteiger partial charge is 0.143 e. The Morgan fingerprint density at radius 2 is 1.86 bits per heavy atom. The molecule has 1 aromatic heterocycles. The predicted molar refractivity (Wildman–Crippen MR) is 107 cm³/mol. The highest BCUT2D eigenvalue weighted by Crippen LogP contribution is 2.37. The molecule has 4 rings (SSSR count). The maximum atomic E-state index is 11.1. The van der Waals surface area contributed by atoms with Gasteiger partial charge in [0.1, 0.15) is 46.2 Å². The Labute approximate surface area is 172 Å². The highest BCUT2D eigenvalue weighted by atomic mass is 32.2. The van der Waals surface area contributed by atoms with Crippen molar-refractivity contribution in [2.75, 3.05) is 24.7 Å². The van der Waals surface area contributed by atoms with Crippen molar-refractivity contribution in [2.45, 2.75) is 24.0 Å². The number of anilines is 1. The zero-order valence-electron chi connectivity index (χ0n) is 15.6. The van der Waals surface area contributed by atoms with Gasteiger partial charge in [0.15, 0.2) is 0 Å². The van der Waals surface area contributed by atoms with Gasteiger partial charge < -0.3 is 15.2 Å². The molecule has 0 radical (unpaired) electrons. The van der Waals surface area contributed by atoms with Crippen LogP contribution in [0.25, 0.3) is 11.1 Å². The zero-order valence-corrected chi connectivity index (χ0v) is 16.4. The van der Waals surface area contributed by atoms with Crippen molar-refractivity contribution < 1.29 is 14.3 Å². The van der Waals surface area contributed by atoms with Crippen molar-refractivity contribution in [3.63, 3.8) is 0 Å². The van der Waals surface area contributed by atoms with Crippen LogP contribution >= 0.6 is 11.8 Å². The summed E-state index contributed by atoms with van der Waals surface area (Å²) < 4.78 is 10.9. The molecule has 0 unspecified atom stereocenters. The molecule has 1 saturated carbocycles. The third-order valence-corrected chi connectivity index (χ3v) is 6.14. The van der Waals surface area contributed by atoms with Gasteiger partial charge in [-0.05, 0) is 17.7 Å². The molecule has 2 fully saturated rings. The lowest BCUT2D eigenvalue weighted by molar-refractivity contribution is -0.129. The fourth-order valence-corrected chi connectivity index (χ4v) is 4.23. The molecule has 0 amide bonds. The first-order valence-electron chi connectivity index (χ1n) is 9.22. The Morgan fingerprint density at radius 3 is 2.41 bits per heavy atom. The number of nitrogen functional groups attached to an aromatic ring is 1. The number of Topliss-reactive ketones (excluding diaryl/α,β-unsaturated/α-hetero) is 1. The molecule has 29 heavy (non-hydrogen) atoms. The molecular weight excluding hydrogens is 388 g/mol. The van der Waals surface area contributed by atoms with Gasteiger partial charge in [-0.1, -0.05) is 12.1 Å². The first-order chi connectivity index (χ1) is 14.1. The summed E-state index contributed by atoms with van der Waals surface area (Å²) in [5.41, 5.74) is 7.76. The lowest BCUT2D eigenvalue weighted by atomic mass is 9.94. The van der Waals surface area contributed by atoms with E-state index < -0.39 is 0 Å². The van der Waals surface area contributed by atoms with Gasteiger partial charge >= 0.3 is 0 Å². The summed E-state index contributed by atoms with van der Waals surface area (Å²) in [5.74, 6) is 2.17. The largest absolute Gasteiger partial charge is 0.490 e. The second kappa shape index (κ2) is 8.12. The average Bonchev–Trinajstić information content (AvgIpc) is 2.65. The van der Waals surface area contributed by atoms with Crippen molar-refractivity contribution in [3.8, 4) is 29.0 Å². The molecule has 0 bridgehead atoms. The van der Waals surface area contributed by atoms with Crippen LogP contribution in [0.2, 0.25) is 0 Å². The Bertz CT molecular complexity index is 1030. The van der Waals surface area contributed by atoms with Crippen LogP contribution in [0.1, 0.15) is 24.0 Å². The van der Waals surface area contributed by atoms with Gasteiger partial charge in [-0.3, -0.25) is 4.79 Å².